The van der Waals surface area contributed by atoms with Crippen molar-refractivity contribution < 1.29 is 4.74 Å². The minimum absolute atomic E-state index is 0.325. The fraction of sp³-hybridized carbons (Fsp3) is 0.222. The van der Waals surface area contributed by atoms with E-state index in [-0.39, 0.29) is 0 Å². The minimum atomic E-state index is 0.325. The van der Waals surface area contributed by atoms with Crippen LogP contribution >= 0.6 is 35.0 Å². The Morgan fingerprint density at radius 2 is 2.19 bits per heavy atom. The molecule has 0 amide bonds. The topological polar surface area (TPSA) is 73.6 Å². The minimum Gasteiger partial charge on any atom is -0.491 e. The van der Waals surface area contributed by atoms with Crippen LogP contribution in [0.1, 0.15) is 0 Å². The number of nitrogens with two attached hydrogens (primary N) is 2. The first kappa shape index (κ1) is 13.3. The summed E-state index contributed by atoms with van der Waals surface area (Å²) in [5, 5.41) is 4.70. The van der Waals surface area contributed by atoms with Crippen LogP contribution < -0.4 is 16.3 Å². The van der Waals surface area contributed by atoms with Gasteiger partial charge in [0.2, 0.25) is 0 Å². The molecular weight excluding hydrogens is 269 g/mol. The molecule has 0 unspecified atom stereocenters. The van der Waals surface area contributed by atoms with E-state index in [2.05, 4.69) is 5.10 Å². The van der Waals surface area contributed by atoms with E-state index in [1.807, 2.05) is 0 Å². The monoisotopic (exact) mass is 279 g/mol. The fourth-order valence-electron chi connectivity index (χ4n) is 0.927. The van der Waals surface area contributed by atoms with Gasteiger partial charge in [0.15, 0.2) is 5.17 Å². The van der Waals surface area contributed by atoms with E-state index in [0.717, 1.165) is 0 Å². The number of hydrogen-bond donors (Lipinski definition) is 2. The zero-order chi connectivity index (χ0) is 12.0. The van der Waals surface area contributed by atoms with E-state index < -0.39 is 0 Å². The van der Waals surface area contributed by atoms with Crippen LogP contribution in [-0.2, 0) is 0 Å². The molecule has 0 saturated heterocycles. The van der Waals surface area contributed by atoms with Crippen LogP contribution in [0.15, 0.2) is 23.3 Å². The third-order valence-corrected chi connectivity index (χ3v) is 2.91. The molecule has 0 aliphatic heterocycles. The van der Waals surface area contributed by atoms with Gasteiger partial charge in [-0.15, -0.1) is 0 Å². The molecule has 0 saturated carbocycles. The first-order chi connectivity index (χ1) is 7.63. The number of ether oxygens (including phenoxy) is 1. The van der Waals surface area contributed by atoms with Crippen molar-refractivity contribution in [2.45, 2.75) is 0 Å². The zero-order valence-corrected chi connectivity index (χ0v) is 10.6. The van der Waals surface area contributed by atoms with E-state index in [1.54, 1.807) is 18.2 Å². The lowest BCUT2D eigenvalue weighted by atomic mass is 10.3. The van der Waals surface area contributed by atoms with Crippen molar-refractivity contribution in [1.82, 2.24) is 0 Å². The highest BCUT2D eigenvalue weighted by Gasteiger charge is 2.02. The smallest absolute Gasteiger partial charge is 0.177 e. The molecule has 1 aromatic rings. The van der Waals surface area contributed by atoms with Gasteiger partial charge in [0, 0.05) is 10.8 Å². The molecule has 7 heteroatoms. The average Bonchev–Trinajstić information content (AvgIpc) is 2.26. The summed E-state index contributed by atoms with van der Waals surface area (Å²) < 4.78 is 5.42. The molecule has 4 nitrogen and oxygen atoms in total. The van der Waals surface area contributed by atoms with Gasteiger partial charge < -0.3 is 16.3 Å². The normalized spacial score (nSPS) is 11.5. The predicted octanol–water partition coefficient (Wildman–Crippen LogP) is 2.29. The van der Waals surface area contributed by atoms with Crippen LogP contribution in [-0.4, -0.2) is 17.5 Å². The second-order valence-electron chi connectivity index (χ2n) is 2.74. The number of amidine groups is 1. The Morgan fingerprint density at radius 3 is 2.81 bits per heavy atom. The molecule has 0 aliphatic rings. The second kappa shape index (κ2) is 6.73. The summed E-state index contributed by atoms with van der Waals surface area (Å²) >= 11 is 13.0. The molecule has 4 N–H and O–H groups in total. The fourth-order valence-corrected chi connectivity index (χ4v) is 1.84. The lowest BCUT2D eigenvalue weighted by Crippen LogP contribution is -2.12. The van der Waals surface area contributed by atoms with Crippen molar-refractivity contribution in [2.24, 2.45) is 16.7 Å². The van der Waals surface area contributed by atoms with Crippen molar-refractivity contribution >= 4 is 40.1 Å². The van der Waals surface area contributed by atoms with Crippen LogP contribution in [0.25, 0.3) is 0 Å². The van der Waals surface area contributed by atoms with E-state index >= 15 is 0 Å². The first-order valence-electron chi connectivity index (χ1n) is 4.37. The lowest BCUT2D eigenvalue weighted by molar-refractivity contribution is 0.344. The van der Waals surface area contributed by atoms with Crippen molar-refractivity contribution in [2.75, 3.05) is 12.4 Å². The molecular formula is C9H11Cl2N3OS. The van der Waals surface area contributed by atoms with Gasteiger partial charge in [-0.1, -0.05) is 35.0 Å². The molecule has 0 bridgehead atoms. The summed E-state index contributed by atoms with van der Waals surface area (Å²) in [5.41, 5.74) is 5.39. The Bertz CT molecular complexity index is 387. The number of halogens is 2. The molecule has 0 aliphatic carbocycles. The Labute approximate surface area is 108 Å². The average molecular weight is 280 g/mol. The van der Waals surface area contributed by atoms with E-state index in [0.29, 0.717) is 33.3 Å². The third kappa shape index (κ3) is 4.38. The van der Waals surface area contributed by atoms with Crippen LogP contribution in [0.3, 0.4) is 0 Å². The Hall–Kier alpha value is -0.780. The van der Waals surface area contributed by atoms with Crippen LogP contribution in [0.2, 0.25) is 10.0 Å². The van der Waals surface area contributed by atoms with Gasteiger partial charge in [0.1, 0.15) is 5.75 Å². The van der Waals surface area contributed by atoms with Crippen LogP contribution in [0.4, 0.5) is 0 Å². The van der Waals surface area contributed by atoms with Gasteiger partial charge in [-0.25, -0.2) is 0 Å². The van der Waals surface area contributed by atoms with Crippen molar-refractivity contribution in [3.63, 3.8) is 0 Å². The summed E-state index contributed by atoms with van der Waals surface area (Å²) in [4.78, 5) is 0. The number of benzene rings is 1. The van der Waals surface area contributed by atoms with Crippen LogP contribution in [0.5, 0.6) is 5.75 Å². The van der Waals surface area contributed by atoms with Gasteiger partial charge in [0.05, 0.1) is 11.6 Å². The highest BCUT2D eigenvalue weighted by Crippen LogP contribution is 2.27. The zero-order valence-electron chi connectivity index (χ0n) is 8.32. The lowest BCUT2D eigenvalue weighted by Gasteiger charge is -2.07. The number of hydrazone groups is 1. The molecule has 0 radical (unpaired) electrons. The quantitative estimate of drug-likeness (QED) is 0.292. The Balaban J connectivity index is 2.37. The molecule has 0 fully saturated rings. The van der Waals surface area contributed by atoms with Gasteiger partial charge >= 0.3 is 0 Å². The molecule has 1 rings (SSSR count). The highest BCUT2D eigenvalue weighted by molar-refractivity contribution is 8.13. The number of hydrogen-bond acceptors (Lipinski definition) is 4. The number of thioether (sulfide) groups is 1. The van der Waals surface area contributed by atoms with Gasteiger partial charge in [0.25, 0.3) is 0 Å². The molecule has 0 spiro atoms. The first-order valence-corrected chi connectivity index (χ1v) is 6.11. The number of rotatable bonds is 4. The van der Waals surface area contributed by atoms with Crippen molar-refractivity contribution in [3.05, 3.63) is 28.2 Å². The molecule has 16 heavy (non-hydrogen) atoms. The largest absolute Gasteiger partial charge is 0.491 e. The van der Waals surface area contributed by atoms with Crippen molar-refractivity contribution in [1.29, 1.82) is 0 Å². The summed E-state index contributed by atoms with van der Waals surface area (Å²) in [6, 6.07) is 5.06. The van der Waals surface area contributed by atoms with E-state index in [1.165, 1.54) is 11.8 Å². The number of nitrogens with zero attached hydrogens (tertiary/aromatic N) is 1. The van der Waals surface area contributed by atoms with Crippen LogP contribution in [0, 0.1) is 0 Å². The summed E-state index contributed by atoms with van der Waals surface area (Å²) in [7, 11) is 0. The standard InChI is InChI=1S/C9H11Cl2N3OS/c10-6-1-2-8(7(11)5-6)15-3-4-16-9(12)14-13/h1-2,5H,3-4,13H2,(H2,12,14). The molecule has 0 atom stereocenters. The van der Waals surface area contributed by atoms with Gasteiger partial charge in [-0.3, -0.25) is 0 Å². The molecule has 0 heterocycles. The van der Waals surface area contributed by atoms with E-state index in [9.17, 15) is 0 Å². The maximum Gasteiger partial charge on any atom is 0.177 e. The van der Waals surface area contributed by atoms with E-state index in [4.69, 9.17) is 39.5 Å². The Kier molecular flexibility index (Phi) is 5.59. The van der Waals surface area contributed by atoms with Gasteiger partial charge in [-0.05, 0) is 18.2 Å². The maximum absolute atomic E-state index is 5.91. The SMILES string of the molecule is NN=C(N)SCCOc1ccc(Cl)cc1Cl. The summed E-state index contributed by atoms with van der Waals surface area (Å²) in [5.74, 6) is 6.21. The molecule has 0 aromatic heterocycles. The second-order valence-corrected chi connectivity index (χ2v) is 4.70. The maximum atomic E-state index is 5.91. The Morgan fingerprint density at radius 1 is 1.44 bits per heavy atom. The highest BCUT2D eigenvalue weighted by atomic mass is 35.5. The molecule has 88 valence electrons. The van der Waals surface area contributed by atoms with Gasteiger partial charge in [-0.2, -0.15) is 5.10 Å². The third-order valence-electron chi connectivity index (χ3n) is 1.61. The molecule has 1 aromatic carbocycles. The predicted molar refractivity (Wildman–Crippen MR) is 70.2 cm³/mol. The summed E-state index contributed by atoms with van der Waals surface area (Å²) in [6.45, 7) is 0.461. The van der Waals surface area contributed by atoms with Crippen molar-refractivity contribution in [3.8, 4) is 5.75 Å². The summed E-state index contributed by atoms with van der Waals surface area (Å²) in [6.07, 6.45) is 0.